The van der Waals surface area contributed by atoms with E-state index in [4.69, 9.17) is 0 Å². The van der Waals surface area contributed by atoms with E-state index in [0.717, 1.165) is 33.2 Å². The Hall–Kier alpha value is -7.15. The van der Waals surface area contributed by atoms with E-state index in [9.17, 15) is 5.26 Å². The highest BCUT2D eigenvalue weighted by molar-refractivity contribution is 6.25. The highest BCUT2D eigenvalue weighted by Gasteiger charge is 2.17. The van der Waals surface area contributed by atoms with Gasteiger partial charge in [0.1, 0.15) is 0 Å². The molecule has 0 saturated carbocycles. The molecule has 0 amide bonds. The smallest absolute Gasteiger partial charge is 0.0991 e. The first-order valence-corrected chi connectivity index (χ1v) is 17.7. The molecule has 0 fully saturated rings. The van der Waals surface area contributed by atoms with E-state index in [1.54, 1.807) is 0 Å². The first kappa shape index (κ1) is 28.7. The van der Waals surface area contributed by atoms with Crippen molar-refractivity contribution in [2.75, 3.05) is 0 Å². The SMILES string of the molecule is N#Cc1ccc2c(c1)c1cc(-n3c4ccccc4c4ccccc43)ccc1n2-c1ccc(-c2ccc3c4ccccc4c4ccccc4c3c2)cc1. The van der Waals surface area contributed by atoms with Gasteiger partial charge in [0.25, 0.3) is 0 Å². The predicted molar refractivity (Wildman–Crippen MR) is 218 cm³/mol. The van der Waals surface area contributed by atoms with Crippen LogP contribution in [0.2, 0.25) is 0 Å². The predicted octanol–water partition coefficient (Wildman–Crippen LogP) is 12.9. The summed E-state index contributed by atoms with van der Waals surface area (Å²) < 4.78 is 4.68. The van der Waals surface area contributed by atoms with Gasteiger partial charge in [-0.3, -0.25) is 0 Å². The Bertz CT molecular complexity index is 3210. The molecule has 0 N–H and O–H groups in total. The van der Waals surface area contributed by atoms with Gasteiger partial charge in [-0.15, -0.1) is 0 Å². The van der Waals surface area contributed by atoms with Crippen molar-refractivity contribution in [3.8, 4) is 28.6 Å². The molecule has 240 valence electrons. The summed E-state index contributed by atoms with van der Waals surface area (Å²) in [6.45, 7) is 0. The molecule has 11 aromatic rings. The van der Waals surface area contributed by atoms with E-state index in [1.165, 1.54) is 65.3 Å². The van der Waals surface area contributed by atoms with Crippen LogP contribution in [0.25, 0.3) is 98.4 Å². The molecule has 11 rings (SSSR count). The van der Waals surface area contributed by atoms with Crippen LogP contribution < -0.4 is 0 Å². The van der Waals surface area contributed by atoms with Crippen molar-refractivity contribution in [1.82, 2.24) is 9.13 Å². The average molecular weight is 660 g/mol. The topological polar surface area (TPSA) is 33.6 Å². The van der Waals surface area contributed by atoms with Crippen molar-refractivity contribution in [2.45, 2.75) is 0 Å². The third-order valence-corrected chi connectivity index (χ3v) is 10.9. The number of hydrogen-bond acceptors (Lipinski definition) is 1. The van der Waals surface area contributed by atoms with Crippen molar-refractivity contribution >= 4 is 75.9 Å². The molecule has 9 aromatic carbocycles. The molecule has 0 unspecified atom stereocenters. The minimum absolute atomic E-state index is 0.653. The lowest BCUT2D eigenvalue weighted by Gasteiger charge is -2.13. The molecule has 0 bridgehead atoms. The van der Waals surface area contributed by atoms with Crippen LogP contribution >= 0.6 is 0 Å². The normalized spacial score (nSPS) is 11.8. The van der Waals surface area contributed by atoms with Crippen LogP contribution in [0.4, 0.5) is 0 Å². The maximum atomic E-state index is 9.89. The number of nitrogens with zero attached hydrogens (tertiary/aromatic N) is 3. The molecule has 3 heteroatoms. The number of nitriles is 1. The molecule has 0 atom stereocenters. The molecular formula is C49H29N3. The first-order chi connectivity index (χ1) is 25.7. The van der Waals surface area contributed by atoms with Crippen molar-refractivity contribution in [2.24, 2.45) is 0 Å². The fourth-order valence-corrected chi connectivity index (χ4v) is 8.59. The van der Waals surface area contributed by atoms with Gasteiger partial charge in [0.15, 0.2) is 0 Å². The first-order valence-electron chi connectivity index (χ1n) is 17.7. The second-order valence-corrected chi connectivity index (χ2v) is 13.6. The lowest BCUT2D eigenvalue weighted by Crippen LogP contribution is -1.96. The molecule has 0 aliphatic carbocycles. The summed E-state index contributed by atoms with van der Waals surface area (Å²) in [5.41, 5.74) is 9.72. The maximum Gasteiger partial charge on any atom is 0.0991 e. The van der Waals surface area contributed by atoms with Crippen LogP contribution in [-0.2, 0) is 0 Å². The van der Waals surface area contributed by atoms with E-state index in [0.29, 0.717) is 5.56 Å². The lowest BCUT2D eigenvalue weighted by molar-refractivity contribution is 1.16. The van der Waals surface area contributed by atoms with Crippen LogP contribution in [0.1, 0.15) is 5.56 Å². The zero-order valence-corrected chi connectivity index (χ0v) is 28.1. The molecule has 2 aromatic heterocycles. The van der Waals surface area contributed by atoms with E-state index >= 15 is 0 Å². The van der Waals surface area contributed by atoms with Crippen LogP contribution in [0.5, 0.6) is 0 Å². The quantitative estimate of drug-likeness (QED) is 0.174. The van der Waals surface area contributed by atoms with Crippen molar-refractivity contribution < 1.29 is 0 Å². The van der Waals surface area contributed by atoms with Gasteiger partial charge in [0.05, 0.1) is 33.7 Å². The largest absolute Gasteiger partial charge is 0.309 e. The lowest BCUT2D eigenvalue weighted by atomic mass is 9.92. The molecule has 3 nitrogen and oxygen atoms in total. The molecule has 0 aliphatic heterocycles. The monoisotopic (exact) mass is 659 g/mol. The Morgan fingerprint density at radius 2 is 0.750 bits per heavy atom. The van der Waals surface area contributed by atoms with Crippen LogP contribution in [0.15, 0.2) is 176 Å². The standard InChI is InChI=1S/C49H29N3/c50-30-31-17-25-48-44(27-31)45-29-35(52-46-15-7-5-13-41(46)42-14-6-8-16-47(42)52)23-26-49(45)51(48)34-21-18-32(19-22-34)33-20-24-40-38-11-2-1-9-36(38)37-10-3-4-12-39(37)43(40)28-33/h1-29H. The summed E-state index contributed by atoms with van der Waals surface area (Å²) >= 11 is 0. The summed E-state index contributed by atoms with van der Waals surface area (Å²) in [6.07, 6.45) is 0. The summed E-state index contributed by atoms with van der Waals surface area (Å²) in [5.74, 6) is 0. The Kier molecular flexibility index (Phi) is 6.02. The van der Waals surface area contributed by atoms with Gasteiger partial charge < -0.3 is 9.13 Å². The van der Waals surface area contributed by atoms with Crippen molar-refractivity contribution in [1.29, 1.82) is 5.26 Å². The number of hydrogen-bond donors (Lipinski definition) is 0. The zero-order valence-electron chi connectivity index (χ0n) is 28.1. The highest BCUT2D eigenvalue weighted by atomic mass is 15.0. The van der Waals surface area contributed by atoms with Crippen molar-refractivity contribution in [3.05, 3.63) is 181 Å². The van der Waals surface area contributed by atoms with Gasteiger partial charge in [-0.1, -0.05) is 109 Å². The van der Waals surface area contributed by atoms with Crippen molar-refractivity contribution in [3.63, 3.8) is 0 Å². The zero-order chi connectivity index (χ0) is 34.3. The number of aromatic nitrogens is 2. The van der Waals surface area contributed by atoms with Crippen LogP contribution in [0.3, 0.4) is 0 Å². The van der Waals surface area contributed by atoms with E-state index in [1.807, 2.05) is 12.1 Å². The third kappa shape index (κ3) is 4.07. The molecule has 0 radical (unpaired) electrons. The molecule has 0 spiro atoms. The Labute approximate surface area is 299 Å². The third-order valence-electron chi connectivity index (χ3n) is 10.9. The Morgan fingerprint density at radius 1 is 0.308 bits per heavy atom. The maximum absolute atomic E-state index is 9.89. The number of rotatable bonds is 3. The van der Waals surface area contributed by atoms with E-state index in [-0.39, 0.29) is 0 Å². The fraction of sp³-hybridized carbons (Fsp3) is 0. The van der Waals surface area contributed by atoms with Gasteiger partial charge >= 0.3 is 0 Å². The molecular weight excluding hydrogens is 631 g/mol. The fourth-order valence-electron chi connectivity index (χ4n) is 8.59. The van der Waals surface area contributed by atoms with Gasteiger partial charge in [-0.25, -0.2) is 0 Å². The summed E-state index contributed by atoms with van der Waals surface area (Å²) in [6, 6.07) is 65.6. The summed E-state index contributed by atoms with van der Waals surface area (Å²) in [4.78, 5) is 0. The highest BCUT2D eigenvalue weighted by Crippen LogP contribution is 2.39. The minimum Gasteiger partial charge on any atom is -0.309 e. The molecule has 52 heavy (non-hydrogen) atoms. The Morgan fingerprint density at radius 3 is 1.37 bits per heavy atom. The number of benzene rings is 9. The molecule has 0 saturated heterocycles. The minimum atomic E-state index is 0.653. The van der Waals surface area contributed by atoms with Crippen LogP contribution in [-0.4, -0.2) is 9.13 Å². The average Bonchev–Trinajstić information content (AvgIpc) is 3.73. The summed E-state index contributed by atoms with van der Waals surface area (Å²) in [5, 5.41) is 22.2. The number of fused-ring (bicyclic) bond motifs is 12. The van der Waals surface area contributed by atoms with Gasteiger partial charge in [-0.05, 0) is 110 Å². The second kappa shape index (κ2) is 10.9. The Balaban J connectivity index is 1.08. The van der Waals surface area contributed by atoms with Gasteiger partial charge in [0.2, 0.25) is 0 Å². The van der Waals surface area contributed by atoms with E-state index in [2.05, 4.69) is 179 Å². The van der Waals surface area contributed by atoms with E-state index < -0.39 is 0 Å². The van der Waals surface area contributed by atoms with Gasteiger partial charge in [-0.2, -0.15) is 5.26 Å². The van der Waals surface area contributed by atoms with Crippen LogP contribution in [0, 0.1) is 11.3 Å². The molecule has 2 heterocycles. The second-order valence-electron chi connectivity index (χ2n) is 13.6. The van der Waals surface area contributed by atoms with Gasteiger partial charge in [0, 0.05) is 32.9 Å². The number of para-hydroxylation sites is 2. The summed E-state index contributed by atoms with van der Waals surface area (Å²) in [7, 11) is 0. The molecule has 0 aliphatic rings.